The molecule has 0 aliphatic carbocycles. The Morgan fingerprint density at radius 2 is 2.22 bits per heavy atom. The molecule has 1 N–H and O–H groups in total. The lowest BCUT2D eigenvalue weighted by molar-refractivity contribution is 0.563. The van der Waals surface area contributed by atoms with E-state index in [4.69, 9.17) is 0 Å². The van der Waals surface area contributed by atoms with Gasteiger partial charge >= 0.3 is 0 Å². The molecule has 18 heavy (non-hydrogen) atoms. The molecular formula is C14H18FN3. The quantitative estimate of drug-likeness (QED) is 0.900. The second kappa shape index (κ2) is 5.31. The van der Waals surface area contributed by atoms with Crippen LogP contribution in [0.1, 0.15) is 29.8 Å². The zero-order chi connectivity index (χ0) is 13.1. The van der Waals surface area contributed by atoms with Gasteiger partial charge in [0.25, 0.3) is 0 Å². The molecular weight excluding hydrogens is 229 g/mol. The van der Waals surface area contributed by atoms with E-state index in [-0.39, 0.29) is 11.9 Å². The summed E-state index contributed by atoms with van der Waals surface area (Å²) in [6.07, 6.45) is 1.86. The molecule has 0 spiro atoms. The first-order valence-corrected chi connectivity index (χ1v) is 6.04. The van der Waals surface area contributed by atoms with E-state index < -0.39 is 0 Å². The predicted octanol–water partition coefficient (Wildman–Crippen LogP) is 2.72. The van der Waals surface area contributed by atoms with Gasteiger partial charge in [-0.05, 0) is 31.5 Å². The van der Waals surface area contributed by atoms with Crippen molar-refractivity contribution in [2.75, 3.05) is 0 Å². The molecule has 0 unspecified atom stereocenters. The summed E-state index contributed by atoms with van der Waals surface area (Å²) in [4.78, 5) is 0. The average Bonchev–Trinajstić information content (AvgIpc) is 2.67. The summed E-state index contributed by atoms with van der Waals surface area (Å²) in [6, 6.07) is 6.80. The first kappa shape index (κ1) is 12.8. The Morgan fingerprint density at radius 3 is 2.83 bits per heavy atom. The van der Waals surface area contributed by atoms with Crippen LogP contribution in [0.2, 0.25) is 0 Å². The fraction of sp³-hybridized carbons (Fsp3) is 0.357. The monoisotopic (exact) mass is 247 g/mol. The topological polar surface area (TPSA) is 29.9 Å². The normalized spacial score (nSPS) is 12.7. The highest BCUT2D eigenvalue weighted by molar-refractivity contribution is 5.20. The summed E-state index contributed by atoms with van der Waals surface area (Å²) < 4.78 is 15.0. The molecule has 2 rings (SSSR count). The number of rotatable bonds is 4. The van der Waals surface area contributed by atoms with Crippen LogP contribution in [0, 0.1) is 12.7 Å². The third-order valence-corrected chi connectivity index (χ3v) is 3.28. The van der Waals surface area contributed by atoms with Gasteiger partial charge in [0, 0.05) is 30.9 Å². The van der Waals surface area contributed by atoms with E-state index in [0.29, 0.717) is 0 Å². The molecule has 0 saturated carbocycles. The van der Waals surface area contributed by atoms with Crippen LogP contribution in [0.3, 0.4) is 0 Å². The maximum absolute atomic E-state index is 13.1. The van der Waals surface area contributed by atoms with Crippen LogP contribution in [0.4, 0.5) is 4.39 Å². The maximum atomic E-state index is 13.1. The van der Waals surface area contributed by atoms with Gasteiger partial charge < -0.3 is 5.32 Å². The van der Waals surface area contributed by atoms with Crippen LogP contribution in [-0.2, 0) is 13.6 Å². The number of nitrogens with zero attached hydrogens (tertiary/aromatic N) is 2. The number of benzene rings is 1. The smallest absolute Gasteiger partial charge is 0.123 e. The second-order valence-corrected chi connectivity index (χ2v) is 4.54. The van der Waals surface area contributed by atoms with Gasteiger partial charge in [-0.1, -0.05) is 12.1 Å². The molecule has 96 valence electrons. The molecule has 1 heterocycles. The van der Waals surface area contributed by atoms with Crippen molar-refractivity contribution in [2.45, 2.75) is 26.4 Å². The van der Waals surface area contributed by atoms with E-state index in [1.165, 1.54) is 11.6 Å². The van der Waals surface area contributed by atoms with Gasteiger partial charge in [-0.15, -0.1) is 0 Å². The molecule has 1 aromatic heterocycles. The summed E-state index contributed by atoms with van der Waals surface area (Å²) >= 11 is 0. The average molecular weight is 247 g/mol. The van der Waals surface area contributed by atoms with E-state index >= 15 is 0 Å². The fourth-order valence-electron chi connectivity index (χ4n) is 1.87. The summed E-state index contributed by atoms with van der Waals surface area (Å²) in [5.74, 6) is -0.196. The highest BCUT2D eigenvalue weighted by Crippen LogP contribution is 2.15. The van der Waals surface area contributed by atoms with Crippen LogP contribution in [-0.4, -0.2) is 9.78 Å². The van der Waals surface area contributed by atoms with Gasteiger partial charge in [-0.25, -0.2) is 4.39 Å². The third-order valence-electron chi connectivity index (χ3n) is 3.28. The van der Waals surface area contributed by atoms with Crippen LogP contribution >= 0.6 is 0 Å². The van der Waals surface area contributed by atoms with Crippen LogP contribution in [0.25, 0.3) is 0 Å². The van der Waals surface area contributed by atoms with E-state index in [2.05, 4.69) is 10.4 Å². The van der Waals surface area contributed by atoms with Crippen molar-refractivity contribution in [3.63, 3.8) is 0 Å². The molecule has 4 heteroatoms. The minimum absolute atomic E-state index is 0.111. The Kier molecular flexibility index (Phi) is 3.77. The molecule has 0 bridgehead atoms. The summed E-state index contributed by atoms with van der Waals surface area (Å²) in [6.45, 7) is 4.80. The fourth-order valence-corrected chi connectivity index (χ4v) is 1.87. The Balaban J connectivity index is 2.00. The molecule has 1 aromatic carbocycles. The molecule has 0 amide bonds. The highest BCUT2D eigenvalue weighted by Gasteiger charge is 2.08. The lowest BCUT2D eigenvalue weighted by atomic mass is 10.1. The van der Waals surface area contributed by atoms with E-state index in [1.807, 2.05) is 37.8 Å². The molecule has 1 atom stereocenters. The Bertz CT molecular complexity index is 534. The SMILES string of the molecule is Cc1c(CN[C@@H](C)c2cccc(F)c2)cnn1C. The number of aryl methyl sites for hydroxylation is 1. The molecule has 0 radical (unpaired) electrons. The van der Waals surface area contributed by atoms with Crippen molar-refractivity contribution in [3.05, 3.63) is 53.1 Å². The molecule has 2 aromatic rings. The number of hydrogen-bond donors (Lipinski definition) is 1. The van der Waals surface area contributed by atoms with Crippen molar-refractivity contribution >= 4 is 0 Å². The third kappa shape index (κ3) is 2.76. The summed E-state index contributed by atoms with van der Waals surface area (Å²) in [5.41, 5.74) is 3.27. The highest BCUT2D eigenvalue weighted by atomic mass is 19.1. The van der Waals surface area contributed by atoms with Gasteiger partial charge in [0.05, 0.1) is 6.20 Å². The largest absolute Gasteiger partial charge is 0.306 e. The number of halogens is 1. The number of hydrogen-bond acceptors (Lipinski definition) is 2. The predicted molar refractivity (Wildman–Crippen MR) is 69.6 cm³/mol. The first-order valence-electron chi connectivity index (χ1n) is 6.04. The van der Waals surface area contributed by atoms with Gasteiger partial charge in [0.1, 0.15) is 5.82 Å². The Morgan fingerprint density at radius 1 is 1.44 bits per heavy atom. The summed E-state index contributed by atoms with van der Waals surface area (Å²) in [5, 5.41) is 7.57. The molecule has 3 nitrogen and oxygen atoms in total. The van der Waals surface area contributed by atoms with Crippen molar-refractivity contribution in [2.24, 2.45) is 7.05 Å². The first-order chi connectivity index (χ1) is 8.58. The van der Waals surface area contributed by atoms with Crippen molar-refractivity contribution in [1.82, 2.24) is 15.1 Å². The van der Waals surface area contributed by atoms with E-state index in [1.54, 1.807) is 12.1 Å². The lowest BCUT2D eigenvalue weighted by Crippen LogP contribution is -2.18. The minimum atomic E-state index is -0.196. The van der Waals surface area contributed by atoms with Gasteiger partial charge in [0.2, 0.25) is 0 Å². The van der Waals surface area contributed by atoms with Crippen molar-refractivity contribution < 1.29 is 4.39 Å². The summed E-state index contributed by atoms with van der Waals surface area (Å²) in [7, 11) is 1.93. The number of aromatic nitrogens is 2. The molecule has 0 saturated heterocycles. The zero-order valence-corrected chi connectivity index (χ0v) is 10.9. The van der Waals surface area contributed by atoms with Gasteiger partial charge in [-0.3, -0.25) is 4.68 Å². The zero-order valence-electron chi connectivity index (χ0n) is 10.9. The van der Waals surface area contributed by atoms with Crippen LogP contribution in [0.15, 0.2) is 30.5 Å². The maximum Gasteiger partial charge on any atom is 0.123 e. The Hall–Kier alpha value is -1.68. The van der Waals surface area contributed by atoms with Crippen LogP contribution < -0.4 is 5.32 Å². The standard InChI is InChI=1S/C14H18FN3/c1-10(12-5-4-6-14(15)7-12)16-8-13-9-17-18(3)11(13)2/h4-7,9-10,16H,8H2,1-3H3/t10-/m0/s1. The molecule has 0 aliphatic rings. The Labute approximate surface area is 107 Å². The molecule has 0 aliphatic heterocycles. The second-order valence-electron chi connectivity index (χ2n) is 4.54. The lowest BCUT2D eigenvalue weighted by Gasteiger charge is -2.14. The van der Waals surface area contributed by atoms with E-state index in [0.717, 1.165) is 17.8 Å². The van der Waals surface area contributed by atoms with Crippen LogP contribution in [0.5, 0.6) is 0 Å². The van der Waals surface area contributed by atoms with Gasteiger partial charge in [-0.2, -0.15) is 5.10 Å². The molecule has 0 fully saturated rings. The minimum Gasteiger partial charge on any atom is -0.306 e. The van der Waals surface area contributed by atoms with Gasteiger partial charge in [0.15, 0.2) is 0 Å². The van der Waals surface area contributed by atoms with Crippen molar-refractivity contribution in [1.29, 1.82) is 0 Å². The van der Waals surface area contributed by atoms with Crippen molar-refractivity contribution in [3.8, 4) is 0 Å². The number of nitrogens with one attached hydrogen (secondary N) is 1. The van der Waals surface area contributed by atoms with E-state index in [9.17, 15) is 4.39 Å².